The number of aromatic amines is 1. The predicted molar refractivity (Wildman–Crippen MR) is 101 cm³/mol. The first-order chi connectivity index (χ1) is 11.6. The van der Waals surface area contributed by atoms with E-state index in [1.54, 1.807) is 14.0 Å². The Morgan fingerprint density at radius 1 is 1.25 bits per heavy atom. The molecular formula is C20H18BrNO2. The maximum absolute atomic E-state index is 12.1. The fourth-order valence-corrected chi connectivity index (χ4v) is 3.09. The Kier molecular flexibility index (Phi) is 4.86. The Labute approximate surface area is 149 Å². The Hall–Kier alpha value is -2.33. The molecule has 0 bridgehead atoms. The van der Waals surface area contributed by atoms with E-state index in [2.05, 4.69) is 20.9 Å². The second kappa shape index (κ2) is 7.05. The topological polar surface area (TPSA) is 42.1 Å². The van der Waals surface area contributed by atoms with Gasteiger partial charge in [-0.05, 0) is 54.0 Å². The largest absolute Gasteiger partial charge is 0.497 e. The lowest BCUT2D eigenvalue weighted by Gasteiger charge is -2.06. The number of benzene rings is 2. The summed E-state index contributed by atoms with van der Waals surface area (Å²) in [5.41, 5.74) is 3.89. The number of Topliss-reactive ketones (excluding diaryl/α,β-unsaturated/α-hetero) is 1. The van der Waals surface area contributed by atoms with Gasteiger partial charge in [0.25, 0.3) is 0 Å². The Bertz CT molecular complexity index is 924. The molecule has 3 rings (SSSR count). The summed E-state index contributed by atoms with van der Waals surface area (Å²) < 4.78 is 6.29. The average Bonchev–Trinajstić information content (AvgIpc) is 2.98. The number of aromatic nitrogens is 1. The number of carbonyl (C=O) groups excluding carboxylic acids is 1. The highest BCUT2D eigenvalue weighted by Gasteiger charge is 2.11. The van der Waals surface area contributed by atoms with Gasteiger partial charge >= 0.3 is 0 Å². The van der Waals surface area contributed by atoms with Crippen molar-refractivity contribution in [1.82, 2.24) is 4.98 Å². The normalized spacial score (nSPS) is 11.7. The molecule has 0 amide bonds. The van der Waals surface area contributed by atoms with Crippen molar-refractivity contribution >= 4 is 38.7 Å². The van der Waals surface area contributed by atoms with Crippen LogP contribution in [0.2, 0.25) is 0 Å². The van der Waals surface area contributed by atoms with E-state index in [1.165, 1.54) is 0 Å². The molecule has 0 aliphatic rings. The molecule has 3 aromatic rings. The first-order valence-corrected chi connectivity index (χ1v) is 8.48. The molecule has 0 atom stereocenters. The van der Waals surface area contributed by atoms with E-state index in [0.717, 1.165) is 37.8 Å². The molecule has 0 aliphatic heterocycles. The highest BCUT2D eigenvalue weighted by molar-refractivity contribution is 9.10. The first-order valence-electron chi connectivity index (χ1n) is 7.68. The number of methoxy groups -OCH3 is 1. The molecule has 3 nitrogen and oxygen atoms in total. The average molecular weight is 384 g/mol. The number of ketones is 1. The van der Waals surface area contributed by atoms with Crippen molar-refractivity contribution in [2.45, 2.75) is 13.3 Å². The molecular weight excluding hydrogens is 366 g/mol. The lowest BCUT2D eigenvalue weighted by atomic mass is 9.99. The second-order valence-electron chi connectivity index (χ2n) is 5.65. The molecule has 0 saturated heterocycles. The SMILES string of the molecule is COc1ccc2[nH]cc(C/C(=C\c3ccccc3Br)C(C)=O)c2c1. The number of ether oxygens (including phenoxy) is 1. The zero-order valence-corrected chi connectivity index (χ0v) is 15.2. The molecule has 0 radical (unpaired) electrons. The number of hydrogen-bond acceptors (Lipinski definition) is 2. The van der Waals surface area contributed by atoms with Gasteiger partial charge in [0, 0.05) is 28.0 Å². The second-order valence-corrected chi connectivity index (χ2v) is 6.50. The standard InChI is InChI=1S/C20H18BrNO2/c1-13(23)15(9-14-5-3-4-6-19(14)21)10-16-12-22-20-8-7-17(24-2)11-18(16)20/h3-9,11-12,22H,10H2,1-2H3/b15-9+. The van der Waals surface area contributed by atoms with Crippen LogP contribution < -0.4 is 4.74 Å². The molecule has 1 aromatic heterocycles. The maximum atomic E-state index is 12.1. The minimum absolute atomic E-state index is 0.0722. The minimum atomic E-state index is 0.0722. The third-order valence-corrected chi connectivity index (χ3v) is 4.76. The van der Waals surface area contributed by atoms with Gasteiger partial charge in [0.05, 0.1) is 7.11 Å². The van der Waals surface area contributed by atoms with Gasteiger partial charge in [-0.15, -0.1) is 0 Å². The van der Waals surface area contributed by atoms with E-state index in [0.29, 0.717) is 6.42 Å². The van der Waals surface area contributed by atoms with Crippen molar-refractivity contribution in [2.75, 3.05) is 7.11 Å². The van der Waals surface area contributed by atoms with Crippen LogP contribution in [-0.2, 0) is 11.2 Å². The Morgan fingerprint density at radius 2 is 2.04 bits per heavy atom. The van der Waals surface area contributed by atoms with Crippen LogP contribution in [0.3, 0.4) is 0 Å². The summed E-state index contributed by atoms with van der Waals surface area (Å²) in [4.78, 5) is 15.4. The molecule has 0 fully saturated rings. The molecule has 2 aromatic carbocycles. The summed E-state index contributed by atoms with van der Waals surface area (Å²) in [7, 11) is 1.65. The predicted octanol–water partition coefficient (Wildman–Crippen LogP) is 5.15. The molecule has 1 N–H and O–H groups in total. The summed E-state index contributed by atoms with van der Waals surface area (Å²) in [6.07, 6.45) is 4.48. The number of fused-ring (bicyclic) bond motifs is 1. The van der Waals surface area contributed by atoms with E-state index in [4.69, 9.17) is 4.74 Å². The van der Waals surface area contributed by atoms with E-state index >= 15 is 0 Å². The molecule has 0 spiro atoms. The quantitative estimate of drug-likeness (QED) is 0.618. The van der Waals surface area contributed by atoms with Gasteiger partial charge in [0.15, 0.2) is 5.78 Å². The van der Waals surface area contributed by atoms with Gasteiger partial charge < -0.3 is 9.72 Å². The molecule has 0 aliphatic carbocycles. The van der Waals surface area contributed by atoms with Crippen molar-refractivity contribution in [1.29, 1.82) is 0 Å². The van der Waals surface area contributed by atoms with Crippen LogP contribution in [0.5, 0.6) is 5.75 Å². The summed E-state index contributed by atoms with van der Waals surface area (Å²) in [5.74, 6) is 0.880. The number of nitrogens with one attached hydrogen (secondary N) is 1. The molecule has 24 heavy (non-hydrogen) atoms. The lowest BCUT2D eigenvalue weighted by molar-refractivity contribution is -0.113. The number of hydrogen-bond donors (Lipinski definition) is 1. The summed E-state index contributed by atoms with van der Waals surface area (Å²) in [6, 6.07) is 13.8. The highest BCUT2D eigenvalue weighted by atomic mass is 79.9. The van der Waals surface area contributed by atoms with Crippen LogP contribution in [0.15, 0.2) is 58.7 Å². The maximum Gasteiger partial charge on any atom is 0.156 e. The van der Waals surface area contributed by atoms with Crippen LogP contribution in [-0.4, -0.2) is 17.9 Å². The van der Waals surface area contributed by atoms with Crippen LogP contribution in [0.4, 0.5) is 0 Å². The third kappa shape index (κ3) is 3.44. The lowest BCUT2D eigenvalue weighted by Crippen LogP contribution is -2.00. The van der Waals surface area contributed by atoms with Crippen molar-refractivity contribution in [3.05, 3.63) is 69.8 Å². The number of allylic oxidation sites excluding steroid dienone is 1. The van der Waals surface area contributed by atoms with Gasteiger partial charge in [-0.25, -0.2) is 0 Å². The minimum Gasteiger partial charge on any atom is -0.497 e. The van der Waals surface area contributed by atoms with E-state index in [1.807, 2.05) is 54.7 Å². The van der Waals surface area contributed by atoms with E-state index in [9.17, 15) is 4.79 Å². The van der Waals surface area contributed by atoms with Gasteiger partial charge in [0.1, 0.15) is 5.75 Å². The highest BCUT2D eigenvalue weighted by Crippen LogP contribution is 2.27. The third-order valence-electron chi connectivity index (χ3n) is 4.04. The van der Waals surface area contributed by atoms with Crippen molar-refractivity contribution in [3.8, 4) is 5.75 Å². The molecule has 4 heteroatoms. The molecule has 0 unspecified atom stereocenters. The molecule has 0 saturated carbocycles. The monoisotopic (exact) mass is 383 g/mol. The van der Waals surface area contributed by atoms with E-state index in [-0.39, 0.29) is 5.78 Å². The van der Waals surface area contributed by atoms with Gasteiger partial charge in [0.2, 0.25) is 0 Å². The van der Waals surface area contributed by atoms with E-state index < -0.39 is 0 Å². The fourth-order valence-electron chi connectivity index (χ4n) is 2.69. The summed E-state index contributed by atoms with van der Waals surface area (Å²) >= 11 is 3.53. The van der Waals surface area contributed by atoms with Crippen LogP contribution in [0.1, 0.15) is 18.1 Å². The first kappa shape index (κ1) is 16.5. The van der Waals surface area contributed by atoms with Crippen molar-refractivity contribution in [2.24, 2.45) is 0 Å². The smallest absolute Gasteiger partial charge is 0.156 e. The number of carbonyl (C=O) groups is 1. The number of H-pyrrole nitrogens is 1. The van der Waals surface area contributed by atoms with Gasteiger partial charge in [-0.2, -0.15) is 0 Å². The fraction of sp³-hybridized carbons (Fsp3) is 0.150. The number of rotatable bonds is 5. The molecule has 122 valence electrons. The zero-order valence-electron chi connectivity index (χ0n) is 13.6. The van der Waals surface area contributed by atoms with Crippen molar-refractivity contribution in [3.63, 3.8) is 0 Å². The Balaban J connectivity index is 2.00. The summed E-state index contributed by atoms with van der Waals surface area (Å²) in [6.45, 7) is 1.61. The number of halogens is 1. The van der Waals surface area contributed by atoms with Gasteiger partial charge in [-0.3, -0.25) is 4.79 Å². The van der Waals surface area contributed by atoms with Crippen molar-refractivity contribution < 1.29 is 9.53 Å². The molecule has 1 heterocycles. The summed E-state index contributed by atoms with van der Waals surface area (Å²) in [5, 5.41) is 1.08. The van der Waals surface area contributed by atoms with Crippen LogP contribution >= 0.6 is 15.9 Å². The van der Waals surface area contributed by atoms with Crippen LogP contribution in [0, 0.1) is 0 Å². The Morgan fingerprint density at radius 3 is 2.75 bits per heavy atom. The zero-order chi connectivity index (χ0) is 17.1. The van der Waals surface area contributed by atoms with Crippen LogP contribution in [0.25, 0.3) is 17.0 Å². The van der Waals surface area contributed by atoms with Gasteiger partial charge in [-0.1, -0.05) is 34.1 Å².